The van der Waals surface area contributed by atoms with Gasteiger partial charge in [0.2, 0.25) is 5.91 Å². The van der Waals surface area contributed by atoms with Crippen molar-refractivity contribution in [1.82, 2.24) is 10.2 Å². The molecule has 4 rings (SSSR count). The number of carbonyl (C=O) groups excluding carboxylic acids is 1. The van der Waals surface area contributed by atoms with Crippen LogP contribution in [0.1, 0.15) is 49.7 Å². The molecule has 2 aliphatic heterocycles. The first-order valence-electron chi connectivity index (χ1n) is 10.6. The van der Waals surface area contributed by atoms with Gasteiger partial charge in [-0.1, -0.05) is 6.07 Å². The second kappa shape index (κ2) is 8.03. The van der Waals surface area contributed by atoms with E-state index in [2.05, 4.69) is 10.2 Å². The molecule has 1 aliphatic carbocycles. The van der Waals surface area contributed by atoms with E-state index in [1.54, 1.807) is 0 Å². The van der Waals surface area contributed by atoms with Crippen LogP contribution in [0.15, 0.2) is 18.2 Å². The third-order valence-corrected chi connectivity index (χ3v) is 9.16. The van der Waals surface area contributed by atoms with Crippen LogP contribution in [-0.2, 0) is 27.4 Å². The summed E-state index contributed by atoms with van der Waals surface area (Å²) < 4.78 is 76.0. The van der Waals surface area contributed by atoms with Gasteiger partial charge in [-0.05, 0) is 74.7 Å². The standard InChI is InChI=1S/C21H26F4N2O3S/c22-17-4-3-14(10-16(17)21(23,24)25)13-27-7-5-20(6-8-27)11-15(12-20)26-19(28)18-2-1-9-31(18,29)30/h3-4,10,15,18H,1-2,5-9,11-13H2,(H,26,28). The number of hydrogen-bond donors (Lipinski definition) is 1. The lowest BCUT2D eigenvalue weighted by molar-refractivity contribution is -0.140. The topological polar surface area (TPSA) is 66.5 Å². The van der Waals surface area contributed by atoms with Gasteiger partial charge in [-0.25, -0.2) is 12.8 Å². The molecule has 1 atom stereocenters. The van der Waals surface area contributed by atoms with E-state index >= 15 is 0 Å². The number of benzene rings is 1. The smallest absolute Gasteiger partial charge is 0.352 e. The summed E-state index contributed by atoms with van der Waals surface area (Å²) in [6.45, 7) is 1.77. The molecule has 1 saturated carbocycles. The van der Waals surface area contributed by atoms with Gasteiger partial charge in [0.05, 0.1) is 11.3 Å². The number of sulfone groups is 1. The number of halogens is 4. The first kappa shape index (κ1) is 22.5. The normalized spacial score (nSPS) is 26.0. The third-order valence-electron chi connectivity index (χ3n) is 6.99. The highest BCUT2D eigenvalue weighted by atomic mass is 32.2. The molecule has 1 unspecified atom stereocenters. The van der Waals surface area contributed by atoms with E-state index in [4.69, 9.17) is 0 Å². The maximum Gasteiger partial charge on any atom is 0.419 e. The average Bonchev–Trinajstić information content (AvgIpc) is 3.02. The Morgan fingerprint density at radius 2 is 1.87 bits per heavy atom. The van der Waals surface area contributed by atoms with Crippen LogP contribution >= 0.6 is 0 Å². The van der Waals surface area contributed by atoms with Crippen molar-refractivity contribution >= 4 is 15.7 Å². The molecule has 31 heavy (non-hydrogen) atoms. The predicted octanol–water partition coefficient (Wildman–Crippen LogP) is 3.28. The monoisotopic (exact) mass is 462 g/mol. The van der Waals surface area contributed by atoms with Crippen LogP contribution in [0.5, 0.6) is 0 Å². The van der Waals surface area contributed by atoms with Gasteiger partial charge in [0, 0.05) is 12.6 Å². The second-order valence-electron chi connectivity index (χ2n) is 9.20. The minimum absolute atomic E-state index is 0.0127. The number of amides is 1. The van der Waals surface area contributed by atoms with Crippen LogP contribution in [0.25, 0.3) is 0 Å². The molecule has 1 spiro atoms. The fourth-order valence-electron chi connectivity index (χ4n) is 5.21. The minimum Gasteiger partial charge on any atom is -0.352 e. The molecule has 2 saturated heterocycles. The van der Waals surface area contributed by atoms with Gasteiger partial charge in [-0.15, -0.1) is 0 Å². The lowest BCUT2D eigenvalue weighted by Gasteiger charge is -2.52. The van der Waals surface area contributed by atoms with Crippen molar-refractivity contribution in [3.8, 4) is 0 Å². The molecular weight excluding hydrogens is 436 g/mol. The molecule has 5 nitrogen and oxygen atoms in total. The predicted molar refractivity (Wildman–Crippen MR) is 106 cm³/mol. The van der Waals surface area contributed by atoms with Crippen LogP contribution in [0.2, 0.25) is 0 Å². The molecular formula is C21H26F4N2O3S. The van der Waals surface area contributed by atoms with Gasteiger partial charge in [0.15, 0.2) is 9.84 Å². The summed E-state index contributed by atoms with van der Waals surface area (Å²) in [7, 11) is -3.31. The fourth-order valence-corrected chi connectivity index (χ4v) is 6.98. The van der Waals surface area contributed by atoms with Crippen molar-refractivity contribution in [3.63, 3.8) is 0 Å². The van der Waals surface area contributed by atoms with Crippen molar-refractivity contribution < 1.29 is 30.8 Å². The van der Waals surface area contributed by atoms with Crippen molar-refractivity contribution in [2.75, 3.05) is 18.8 Å². The van der Waals surface area contributed by atoms with Gasteiger partial charge < -0.3 is 5.32 Å². The summed E-state index contributed by atoms with van der Waals surface area (Å²) in [6.07, 6.45) is -0.454. The van der Waals surface area contributed by atoms with Crippen LogP contribution < -0.4 is 5.32 Å². The number of nitrogens with one attached hydrogen (secondary N) is 1. The molecule has 0 radical (unpaired) electrons. The Morgan fingerprint density at radius 1 is 1.19 bits per heavy atom. The Hall–Kier alpha value is -1.68. The van der Waals surface area contributed by atoms with Gasteiger partial charge in [0.1, 0.15) is 11.1 Å². The summed E-state index contributed by atoms with van der Waals surface area (Å²) in [4.78, 5) is 14.4. The summed E-state index contributed by atoms with van der Waals surface area (Å²) >= 11 is 0. The molecule has 10 heteroatoms. The Bertz CT molecular complexity index is 948. The van der Waals surface area contributed by atoms with E-state index in [-0.39, 0.29) is 23.1 Å². The van der Waals surface area contributed by atoms with Crippen LogP contribution in [0, 0.1) is 11.2 Å². The maximum absolute atomic E-state index is 13.5. The van der Waals surface area contributed by atoms with Crippen LogP contribution in [0.4, 0.5) is 17.6 Å². The molecule has 172 valence electrons. The van der Waals surface area contributed by atoms with E-state index in [1.165, 1.54) is 6.07 Å². The molecule has 1 N–H and O–H groups in total. The van der Waals surface area contributed by atoms with E-state index < -0.39 is 32.6 Å². The lowest BCUT2D eigenvalue weighted by Crippen LogP contribution is -2.56. The zero-order valence-corrected chi connectivity index (χ0v) is 17.9. The number of piperidine rings is 1. The molecule has 0 bridgehead atoms. The zero-order chi connectivity index (χ0) is 22.4. The Morgan fingerprint density at radius 3 is 2.45 bits per heavy atom. The summed E-state index contributed by atoms with van der Waals surface area (Å²) in [5, 5.41) is 1.97. The highest BCUT2D eigenvalue weighted by Crippen LogP contribution is 2.49. The van der Waals surface area contributed by atoms with E-state index in [9.17, 15) is 30.8 Å². The highest BCUT2D eigenvalue weighted by molar-refractivity contribution is 7.93. The summed E-state index contributed by atoms with van der Waals surface area (Å²) in [5.41, 5.74) is -0.704. The molecule has 3 fully saturated rings. The van der Waals surface area contributed by atoms with Gasteiger partial charge in [0.25, 0.3) is 0 Å². The van der Waals surface area contributed by atoms with Crippen molar-refractivity contribution in [2.24, 2.45) is 5.41 Å². The Labute approximate surface area is 179 Å². The zero-order valence-electron chi connectivity index (χ0n) is 17.0. The number of alkyl halides is 3. The van der Waals surface area contributed by atoms with Gasteiger partial charge in [-0.2, -0.15) is 13.2 Å². The van der Waals surface area contributed by atoms with Crippen LogP contribution in [-0.4, -0.2) is 49.4 Å². The third kappa shape index (κ3) is 4.74. The van der Waals surface area contributed by atoms with Crippen molar-refractivity contribution in [3.05, 3.63) is 35.1 Å². The molecule has 1 aromatic carbocycles. The second-order valence-corrected chi connectivity index (χ2v) is 11.5. The number of carbonyl (C=O) groups is 1. The molecule has 1 amide bonds. The number of nitrogens with zero attached hydrogens (tertiary/aromatic N) is 1. The molecule has 0 aromatic heterocycles. The van der Waals surface area contributed by atoms with Crippen molar-refractivity contribution in [1.29, 1.82) is 0 Å². The summed E-state index contributed by atoms with van der Waals surface area (Å²) in [6, 6.07) is 3.13. The quantitative estimate of drug-likeness (QED) is 0.698. The van der Waals surface area contributed by atoms with Gasteiger partial charge in [-0.3, -0.25) is 9.69 Å². The van der Waals surface area contributed by atoms with Crippen LogP contribution in [0.3, 0.4) is 0 Å². The van der Waals surface area contributed by atoms with E-state index in [0.29, 0.717) is 24.9 Å². The molecule has 2 heterocycles. The number of hydrogen-bond acceptors (Lipinski definition) is 4. The molecule has 3 aliphatic rings. The average molecular weight is 463 g/mol. The lowest BCUT2D eigenvalue weighted by atomic mass is 9.60. The Kier molecular flexibility index (Phi) is 5.83. The number of likely N-dealkylation sites (tertiary alicyclic amines) is 1. The van der Waals surface area contributed by atoms with Gasteiger partial charge >= 0.3 is 6.18 Å². The fraction of sp³-hybridized carbons (Fsp3) is 0.667. The SMILES string of the molecule is O=C(NC1CC2(CCN(Cc3ccc(F)c(C(F)(F)F)c3)CC2)C1)C1CCCS1(=O)=O. The largest absolute Gasteiger partial charge is 0.419 e. The highest BCUT2D eigenvalue weighted by Gasteiger charge is 2.47. The molecule has 1 aromatic rings. The van der Waals surface area contributed by atoms with E-state index in [1.807, 2.05) is 0 Å². The Balaban J connectivity index is 1.26. The van der Waals surface area contributed by atoms with E-state index in [0.717, 1.165) is 50.9 Å². The minimum atomic E-state index is -4.71. The first-order valence-corrected chi connectivity index (χ1v) is 12.3. The maximum atomic E-state index is 13.5. The number of rotatable bonds is 4. The summed E-state index contributed by atoms with van der Waals surface area (Å²) in [5.74, 6) is -1.57. The van der Waals surface area contributed by atoms with Crippen molar-refractivity contribution in [2.45, 2.75) is 62.5 Å². The first-order chi connectivity index (χ1) is 14.5.